The number of carbonyl (C=O) groups is 1. The van der Waals surface area contributed by atoms with Gasteiger partial charge in [-0.15, -0.1) is 0 Å². The molecule has 1 heterocycles. The third kappa shape index (κ3) is 4.30. The Balaban J connectivity index is 1.97. The van der Waals surface area contributed by atoms with Gasteiger partial charge in [-0.3, -0.25) is 9.69 Å². The number of carbonyl (C=O) groups excluding carboxylic acids is 1. The summed E-state index contributed by atoms with van der Waals surface area (Å²) in [5, 5.41) is 11.7. The Bertz CT molecular complexity index is 934. The standard InChI is InChI=1S/C20H20FN5O/c1-25-9-10-26(2)19(13-25)23-17-8-7-14(12-22)11-15(17)20(27)24-18-6-4-3-5-16(18)21/h3-8,11H,9-10,13H2,1-2H3,(H,24,27)/b23-19+. The number of nitrogens with one attached hydrogen (secondary N) is 1. The molecular weight excluding hydrogens is 345 g/mol. The van der Waals surface area contributed by atoms with Crippen LogP contribution in [0.15, 0.2) is 47.5 Å². The first kappa shape index (κ1) is 18.5. The van der Waals surface area contributed by atoms with Gasteiger partial charge in [-0.1, -0.05) is 12.1 Å². The summed E-state index contributed by atoms with van der Waals surface area (Å²) < 4.78 is 13.9. The van der Waals surface area contributed by atoms with Crippen molar-refractivity contribution in [2.75, 3.05) is 39.0 Å². The fourth-order valence-corrected chi connectivity index (χ4v) is 2.79. The molecule has 0 atom stereocenters. The summed E-state index contributed by atoms with van der Waals surface area (Å²) in [4.78, 5) is 21.6. The number of amidine groups is 1. The molecule has 3 rings (SSSR count). The van der Waals surface area contributed by atoms with E-state index in [4.69, 9.17) is 0 Å². The number of para-hydroxylation sites is 1. The van der Waals surface area contributed by atoms with Crippen LogP contribution in [0.1, 0.15) is 15.9 Å². The lowest BCUT2D eigenvalue weighted by Crippen LogP contribution is -2.46. The van der Waals surface area contributed by atoms with Gasteiger partial charge in [0, 0.05) is 20.1 Å². The van der Waals surface area contributed by atoms with Crippen molar-refractivity contribution in [2.24, 2.45) is 4.99 Å². The number of rotatable bonds is 3. The second kappa shape index (κ2) is 7.98. The minimum atomic E-state index is -0.524. The second-order valence-electron chi connectivity index (χ2n) is 6.47. The molecule has 1 fully saturated rings. The summed E-state index contributed by atoms with van der Waals surface area (Å²) in [6.07, 6.45) is 0. The van der Waals surface area contributed by atoms with Gasteiger partial charge in [0.15, 0.2) is 0 Å². The van der Waals surface area contributed by atoms with Crippen LogP contribution in [-0.2, 0) is 0 Å². The monoisotopic (exact) mass is 365 g/mol. The highest BCUT2D eigenvalue weighted by atomic mass is 19.1. The van der Waals surface area contributed by atoms with Gasteiger partial charge < -0.3 is 10.2 Å². The van der Waals surface area contributed by atoms with Crippen LogP contribution in [0.25, 0.3) is 0 Å². The number of nitriles is 1. The molecule has 0 spiro atoms. The zero-order valence-electron chi connectivity index (χ0n) is 15.2. The number of likely N-dealkylation sites (N-methyl/N-ethyl adjacent to an activating group) is 2. The highest BCUT2D eigenvalue weighted by Crippen LogP contribution is 2.24. The zero-order chi connectivity index (χ0) is 19.4. The van der Waals surface area contributed by atoms with Crippen LogP contribution < -0.4 is 5.32 Å². The van der Waals surface area contributed by atoms with Crippen molar-refractivity contribution in [3.63, 3.8) is 0 Å². The Kier molecular flexibility index (Phi) is 5.48. The number of halogens is 1. The van der Waals surface area contributed by atoms with E-state index in [0.29, 0.717) is 17.8 Å². The largest absolute Gasteiger partial charge is 0.361 e. The normalized spacial score (nSPS) is 16.2. The van der Waals surface area contributed by atoms with Crippen molar-refractivity contribution in [3.8, 4) is 6.07 Å². The van der Waals surface area contributed by atoms with E-state index in [1.165, 1.54) is 18.2 Å². The van der Waals surface area contributed by atoms with E-state index in [1.54, 1.807) is 24.3 Å². The van der Waals surface area contributed by atoms with Crippen LogP contribution in [-0.4, -0.2) is 55.3 Å². The van der Waals surface area contributed by atoms with Crippen LogP contribution >= 0.6 is 0 Å². The molecule has 0 aliphatic carbocycles. The van der Waals surface area contributed by atoms with Crippen molar-refractivity contribution < 1.29 is 9.18 Å². The number of hydrogen-bond donors (Lipinski definition) is 1. The van der Waals surface area contributed by atoms with Crippen LogP contribution in [0.3, 0.4) is 0 Å². The average Bonchev–Trinajstić information content (AvgIpc) is 2.66. The minimum absolute atomic E-state index is 0.0815. The number of hydrogen-bond acceptors (Lipinski definition) is 4. The van der Waals surface area contributed by atoms with Crippen molar-refractivity contribution >= 4 is 23.1 Å². The van der Waals surface area contributed by atoms with Gasteiger partial charge in [0.05, 0.1) is 35.1 Å². The van der Waals surface area contributed by atoms with Crippen molar-refractivity contribution in [2.45, 2.75) is 0 Å². The van der Waals surface area contributed by atoms with Gasteiger partial charge in [-0.05, 0) is 37.4 Å². The number of amides is 1. The van der Waals surface area contributed by atoms with E-state index >= 15 is 0 Å². The van der Waals surface area contributed by atoms with Gasteiger partial charge in [-0.25, -0.2) is 9.38 Å². The van der Waals surface area contributed by atoms with Gasteiger partial charge >= 0.3 is 0 Å². The third-order valence-electron chi connectivity index (χ3n) is 4.41. The molecule has 2 aromatic rings. The van der Waals surface area contributed by atoms with E-state index in [0.717, 1.165) is 18.9 Å². The molecule has 1 aliphatic heterocycles. The van der Waals surface area contributed by atoms with E-state index in [1.807, 2.05) is 25.1 Å². The first-order valence-corrected chi connectivity index (χ1v) is 8.55. The molecule has 1 amide bonds. The molecule has 138 valence electrons. The Hall–Kier alpha value is -3.24. The Morgan fingerprint density at radius 1 is 1.22 bits per heavy atom. The number of benzene rings is 2. The van der Waals surface area contributed by atoms with E-state index in [2.05, 4.69) is 15.2 Å². The molecule has 0 unspecified atom stereocenters. The smallest absolute Gasteiger partial charge is 0.257 e. The van der Waals surface area contributed by atoms with Crippen LogP contribution in [0, 0.1) is 17.1 Å². The summed E-state index contributed by atoms with van der Waals surface area (Å²) in [6, 6.07) is 12.7. The lowest BCUT2D eigenvalue weighted by molar-refractivity contribution is 0.102. The van der Waals surface area contributed by atoms with Gasteiger partial charge in [0.2, 0.25) is 0 Å². The van der Waals surface area contributed by atoms with E-state index < -0.39 is 11.7 Å². The zero-order valence-corrected chi connectivity index (χ0v) is 15.2. The minimum Gasteiger partial charge on any atom is -0.361 e. The second-order valence-corrected chi connectivity index (χ2v) is 6.47. The maximum atomic E-state index is 13.9. The molecule has 1 aliphatic rings. The average molecular weight is 365 g/mol. The molecular formula is C20H20FN5O. The van der Waals surface area contributed by atoms with E-state index in [9.17, 15) is 14.4 Å². The Morgan fingerprint density at radius 3 is 2.74 bits per heavy atom. The fourth-order valence-electron chi connectivity index (χ4n) is 2.79. The highest BCUT2D eigenvalue weighted by Gasteiger charge is 2.19. The van der Waals surface area contributed by atoms with Crippen LogP contribution in [0.4, 0.5) is 15.8 Å². The summed E-state index contributed by atoms with van der Waals surface area (Å²) >= 11 is 0. The molecule has 7 heteroatoms. The highest BCUT2D eigenvalue weighted by molar-refractivity contribution is 6.08. The first-order chi connectivity index (χ1) is 13.0. The molecule has 0 aromatic heterocycles. The summed E-state index contributed by atoms with van der Waals surface area (Å²) in [7, 11) is 3.96. The lowest BCUT2D eigenvalue weighted by Gasteiger charge is -2.32. The number of piperazine rings is 1. The topological polar surface area (TPSA) is 71.7 Å². The maximum absolute atomic E-state index is 13.9. The van der Waals surface area contributed by atoms with Crippen LogP contribution in [0.2, 0.25) is 0 Å². The molecule has 0 saturated carbocycles. The van der Waals surface area contributed by atoms with Gasteiger partial charge in [0.1, 0.15) is 11.7 Å². The predicted octanol–water partition coefficient (Wildman–Crippen LogP) is 2.86. The lowest BCUT2D eigenvalue weighted by atomic mass is 10.1. The molecule has 1 saturated heterocycles. The van der Waals surface area contributed by atoms with Crippen molar-refractivity contribution in [1.82, 2.24) is 9.80 Å². The number of nitrogens with zero attached hydrogens (tertiary/aromatic N) is 4. The van der Waals surface area contributed by atoms with E-state index in [-0.39, 0.29) is 11.3 Å². The molecule has 0 bridgehead atoms. The van der Waals surface area contributed by atoms with Crippen molar-refractivity contribution in [3.05, 3.63) is 59.4 Å². The molecule has 6 nitrogen and oxygen atoms in total. The number of anilines is 1. The third-order valence-corrected chi connectivity index (χ3v) is 4.41. The molecule has 1 N–H and O–H groups in total. The maximum Gasteiger partial charge on any atom is 0.257 e. The Morgan fingerprint density at radius 2 is 2.00 bits per heavy atom. The number of aliphatic imine (C=N–C) groups is 1. The van der Waals surface area contributed by atoms with Gasteiger partial charge in [-0.2, -0.15) is 5.26 Å². The van der Waals surface area contributed by atoms with Gasteiger partial charge in [0.25, 0.3) is 5.91 Å². The summed E-state index contributed by atoms with van der Waals surface area (Å²) in [5.74, 6) is -0.208. The SMILES string of the molecule is CN1CCN(C)/C(=N/c2ccc(C#N)cc2C(=O)Nc2ccccc2F)C1. The van der Waals surface area contributed by atoms with Crippen LogP contribution in [0.5, 0.6) is 0 Å². The molecule has 27 heavy (non-hydrogen) atoms. The molecule has 0 radical (unpaired) electrons. The predicted molar refractivity (Wildman–Crippen MR) is 103 cm³/mol. The summed E-state index contributed by atoms with van der Waals surface area (Å²) in [5.41, 5.74) is 1.09. The van der Waals surface area contributed by atoms with Crippen molar-refractivity contribution in [1.29, 1.82) is 5.26 Å². The fraction of sp³-hybridized carbons (Fsp3) is 0.250. The molecule has 2 aromatic carbocycles. The summed E-state index contributed by atoms with van der Waals surface area (Å²) in [6.45, 7) is 2.43. The first-order valence-electron chi connectivity index (χ1n) is 8.55. The quantitative estimate of drug-likeness (QED) is 0.908. The Labute approximate surface area is 157 Å².